The fourth-order valence-electron chi connectivity index (χ4n) is 3.96. The fourth-order valence-corrected chi connectivity index (χ4v) is 4.45. The first-order valence-electron chi connectivity index (χ1n) is 8.11. The third kappa shape index (κ3) is 3.01. The van der Waals surface area contributed by atoms with E-state index >= 15 is 0 Å². The predicted octanol–water partition coefficient (Wildman–Crippen LogP) is 3.43. The summed E-state index contributed by atoms with van der Waals surface area (Å²) in [4.78, 5) is 2.42. The summed E-state index contributed by atoms with van der Waals surface area (Å²) in [6, 6.07) is 5.15. The second kappa shape index (κ2) is 6.22. The van der Waals surface area contributed by atoms with E-state index in [0.717, 1.165) is 37.9 Å². The van der Waals surface area contributed by atoms with E-state index in [1.54, 1.807) is 6.07 Å². The minimum absolute atomic E-state index is 0.183. The molecule has 3 rings (SSSR count). The smallest absolute Gasteiger partial charge is 0.376 e. The van der Waals surface area contributed by atoms with Gasteiger partial charge in [-0.15, -0.1) is 0 Å². The summed E-state index contributed by atoms with van der Waals surface area (Å²) in [5.41, 5.74) is -3.89. The van der Waals surface area contributed by atoms with Crippen molar-refractivity contribution in [2.45, 2.75) is 50.1 Å². The van der Waals surface area contributed by atoms with Crippen molar-refractivity contribution in [1.82, 2.24) is 4.90 Å². The van der Waals surface area contributed by atoms with E-state index in [0.29, 0.717) is 18.0 Å². The molecule has 8 heteroatoms. The van der Waals surface area contributed by atoms with Crippen LogP contribution in [0.5, 0.6) is 5.75 Å². The Balaban J connectivity index is 1.91. The molecule has 0 aromatic heterocycles. The lowest BCUT2D eigenvalue weighted by atomic mass is 9.79. The molecule has 4 nitrogen and oxygen atoms in total. The highest BCUT2D eigenvalue weighted by Crippen LogP contribution is 2.44. The van der Waals surface area contributed by atoms with Gasteiger partial charge in [0, 0.05) is 12.0 Å². The zero-order valence-electron chi connectivity index (χ0n) is 13.3. The van der Waals surface area contributed by atoms with Crippen LogP contribution in [0.25, 0.3) is 0 Å². The summed E-state index contributed by atoms with van der Waals surface area (Å²) in [6.07, 6.45) is 3.33. The van der Waals surface area contributed by atoms with Gasteiger partial charge >= 0.3 is 15.6 Å². The molecule has 1 aliphatic heterocycles. The topological polar surface area (TPSA) is 46.6 Å². The van der Waals surface area contributed by atoms with Crippen molar-refractivity contribution < 1.29 is 25.8 Å². The molecule has 0 radical (unpaired) electrons. The Morgan fingerprint density at radius 2 is 2.04 bits per heavy atom. The van der Waals surface area contributed by atoms with Gasteiger partial charge in [-0.05, 0) is 56.0 Å². The van der Waals surface area contributed by atoms with Crippen molar-refractivity contribution in [1.29, 1.82) is 0 Å². The molecule has 2 unspecified atom stereocenters. The van der Waals surface area contributed by atoms with Crippen molar-refractivity contribution in [2.24, 2.45) is 0 Å². The van der Waals surface area contributed by atoms with Gasteiger partial charge in [0.25, 0.3) is 0 Å². The first-order valence-corrected chi connectivity index (χ1v) is 9.52. The Hall–Kier alpha value is -1.28. The average Bonchev–Trinajstić information content (AvgIpc) is 2.90. The molecule has 0 saturated carbocycles. The zero-order valence-corrected chi connectivity index (χ0v) is 14.2. The van der Waals surface area contributed by atoms with Gasteiger partial charge in [0.15, 0.2) is 0 Å². The van der Waals surface area contributed by atoms with Crippen molar-refractivity contribution in [2.75, 3.05) is 13.1 Å². The van der Waals surface area contributed by atoms with Gasteiger partial charge in [-0.2, -0.15) is 21.6 Å². The molecule has 1 aromatic rings. The van der Waals surface area contributed by atoms with E-state index in [4.69, 9.17) is 0 Å². The van der Waals surface area contributed by atoms with E-state index in [1.807, 2.05) is 6.07 Å². The Morgan fingerprint density at radius 3 is 2.71 bits per heavy atom. The van der Waals surface area contributed by atoms with Crippen LogP contribution in [0.3, 0.4) is 0 Å². The minimum Gasteiger partial charge on any atom is -0.376 e. The normalized spacial score (nSPS) is 24.5. The lowest BCUT2D eigenvalue weighted by molar-refractivity contribution is -0.0500. The minimum atomic E-state index is -5.64. The van der Waals surface area contributed by atoms with Crippen LogP contribution < -0.4 is 4.18 Å². The number of nitrogens with zero attached hydrogens (tertiary/aromatic N) is 1. The number of benzene rings is 1. The van der Waals surface area contributed by atoms with Crippen LogP contribution in [-0.4, -0.2) is 38.0 Å². The number of alkyl halides is 3. The maximum Gasteiger partial charge on any atom is 0.534 e. The van der Waals surface area contributed by atoms with Crippen LogP contribution in [0.2, 0.25) is 0 Å². The van der Waals surface area contributed by atoms with Crippen LogP contribution in [0.4, 0.5) is 13.2 Å². The fraction of sp³-hybridized carbons (Fsp3) is 0.625. The maximum atomic E-state index is 12.6. The predicted molar refractivity (Wildman–Crippen MR) is 83.4 cm³/mol. The summed E-state index contributed by atoms with van der Waals surface area (Å²) in [7, 11) is -5.64. The van der Waals surface area contributed by atoms with E-state index in [-0.39, 0.29) is 11.7 Å². The highest BCUT2D eigenvalue weighted by Gasteiger charge is 2.49. The van der Waals surface area contributed by atoms with Crippen molar-refractivity contribution in [3.63, 3.8) is 0 Å². The second-order valence-electron chi connectivity index (χ2n) is 6.34. The molecule has 1 aliphatic carbocycles. The molecular weight excluding hydrogens is 343 g/mol. The average molecular weight is 363 g/mol. The molecule has 0 spiro atoms. The van der Waals surface area contributed by atoms with Gasteiger partial charge in [-0.3, -0.25) is 4.90 Å². The monoisotopic (exact) mass is 363 g/mol. The Morgan fingerprint density at radius 1 is 1.29 bits per heavy atom. The van der Waals surface area contributed by atoms with Gasteiger partial charge in [0.2, 0.25) is 0 Å². The van der Waals surface area contributed by atoms with Crippen molar-refractivity contribution in [3.05, 3.63) is 29.3 Å². The second-order valence-corrected chi connectivity index (χ2v) is 7.88. The van der Waals surface area contributed by atoms with Crippen molar-refractivity contribution >= 4 is 10.1 Å². The van der Waals surface area contributed by atoms with Gasteiger partial charge in [-0.1, -0.05) is 19.1 Å². The number of fused-ring (bicyclic) bond motifs is 3. The van der Waals surface area contributed by atoms with Crippen LogP contribution in [0.1, 0.15) is 43.2 Å². The third-order valence-electron chi connectivity index (χ3n) is 4.91. The summed E-state index contributed by atoms with van der Waals surface area (Å²) < 4.78 is 64.8. The van der Waals surface area contributed by atoms with Crippen LogP contribution in [0.15, 0.2) is 18.2 Å². The molecule has 0 N–H and O–H groups in total. The Labute approximate surface area is 139 Å². The molecule has 2 aliphatic rings. The van der Waals surface area contributed by atoms with Gasteiger partial charge in [-0.25, -0.2) is 0 Å². The maximum absolute atomic E-state index is 12.6. The molecule has 134 valence electrons. The van der Waals surface area contributed by atoms with Crippen LogP contribution >= 0.6 is 0 Å². The quantitative estimate of drug-likeness (QED) is 0.607. The molecule has 1 heterocycles. The molecule has 24 heavy (non-hydrogen) atoms. The van der Waals surface area contributed by atoms with Crippen molar-refractivity contribution in [3.8, 4) is 5.75 Å². The lowest BCUT2D eigenvalue weighted by Gasteiger charge is -2.34. The van der Waals surface area contributed by atoms with Gasteiger partial charge in [0.1, 0.15) is 5.75 Å². The molecule has 1 fully saturated rings. The number of hydrogen-bond donors (Lipinski definition) is 0. The van der Waals surface area contributed by atoms with E-state index < -0.39 is 15.6 Å². The molecule has 2 atom stereocenters. The van der Waals surface area contributed by atoms with Gasteiger partial charge in [0.05, 0.1) is 0 Å². The molecule has 1 aromatic carbocycles. The number of hydrogen-bond acceptors (Lipinski definition) is 4. The summed E-state index contributed by atoms with van der Waals surface area (Å²) in [5.74, 6) is 0.0506. The number of rotatable bonds is 4. The van der Waals surface area contributed by atoms with Crippen LogP contribution in [-0.2, 0) is 16.5 Å². The summed E-state index contributed by atoms with van der Waals surface area (Å²) in [6.45, 7) is 4.10. The molecule has 0 bridgehead atoms. The first-order chi connectivity index (χ1) is 11.2. The Kier molecular flexibility index (Phi) is 4.55. The lowest BCUT2D eigenvalue weighted by Crippen LogP contribution is -2.36. The third-order valence-corrected chi connectivity index (χ3v) is 5.88. The number of likely N-dealkylation sites (tertiary alicyclic amines) is 1. The largest absolute Gasteiger partial charge is 0.534 e. The molecule has 0 amide bonds. The summed E-state index contributed by atoms with van der Waals surface area (Å²) >= 11 is 0. The van der Waals surface area contributed by atoms with E-state index in [9.17, 15) is 21.6 Å². The first kappa shape index (κ1) is 17.5. The molecular formula is C16H20F3NO3S. The zero-order chi connectivity index (χ0) is 17.5. The standard InChI is InChI=1S/C16H20F3NO3S/c1-2-9-20-10-8-12-11-4-3-5-15(13(11)6-7-14(12)20)23-24(21,22)16(17,18)19/h3-5,12,14H,2,6-10H2,1H3. The highest BCUT2D eigenvalue weighted by atomic mass is 32.2. The van der Waals surface area contributed by atoms with E-state index in [2.05, 4.69) is 16.0 Å². The van der Waals surface area contributed by atoms with Crippen LogP contribution in [0, 0.1) is 0 Å². The summed E-state index contributed by atoms with van der Waals surface area (Å²) in [5, 5.41) is 0. The Bertz CT molecular complexity index is 718. The van der Waals surface area contributed by atoms with Gasteiger partial charge < -0.3 is 4.18 Å². The molecule has 1 saturated heterocycles. The SMILES string of the molecule is CCCN1CCC2c3cccc(OS(=O)(=O)C(F)(F)F)c3CCC21. The van der Waals surface area contributed by atoms with E-state index in [1.165, 1.54) is 6.07 Å². The highest BCUT2D eigenvalue weighted by molar-refractivity contribution is 7.88. The number of halogens is 3.